The fourth-order valence-corrected chi connectivity index (χ4v) is 1.29. The van der Waals surface area contributed by atoms with Gasteiger partial charge in [-0.2, -0.15) is 0 Å². The van der Waals surface area contributed by atoms with E-state index in [1.165, 1.54) is 13.0 Å². The minimum absolute atomic E-state index is 0.364. The molecular weight excluding hydrogens is 209 g/mol. The van der Waals surface area contributed by atoms with Crippen molar-refractivity contribution in [2.75, 3.05) is 7.05 Å². The number of rotatable bonds is 7. The molecule has 0 heterocycles. The second kappa shape index (κ2) is 8.05. The number of halogens is 1. The first-order chi connectivity index (χ1) is 7.51. The summed E-state index contributed by atoms with van der Waals surface area (Å²) in [5, 5.41) is 11.6. The van der Waals surface area contributed by atoms with Crippen LogP contribution < -0.4 is 5.32 Å². The lowest BCUT2D eigenvalue weighted by atomic mass is 10.0. The lowest BCUT2D eigenvalue weighted by Gasteiger charge is -2.11. The summed E-state index contributed by atoms with van der Waals surface area (Å²) in [7, 11) is 1.60. The number of carboxylic acid groups (broad SMARTS) is 1. The maximum atomic E-state index is 12.6. The van der Waals surface area contributed by atoms with Crippen LogP contribution in [-0.2, 0) is 4.79 Å². The van der Waals surface area contributed by atoms with Gasteiger partial charge in [0.25, 0.3) is 0 Å². The van der Waals surface area contributed by atoms with Crippen molar-refractivity contribution in [3.63, 3.8) is 0 Å². The molecule has 0 aromatic carbocycles. The number of alkyl halides is 1. The van der Waals surface area contributed by atoms with E-state index in [1.807, 2.05) is 13.0 Å². The van der Waals surface area contributed by atoms with Crippen LogP contribution in [0.1, 0.15) is 26.7 Å². The molecule has 0 rings (SSSR count). The van der Waals surface area contributed by atoms with Gasteiger partial charge in [-0.25, -0.2) is 4.39 Å². The van der Waals surface area contributed by atoms with Gasteiger partial charge in [-0.3, -0.25) is 4.79 Å². The van der Waals surface area contributed by atoms with E-state index in [2.05, 4.69) is 5.32 Å². The van der Waals surface area contributed by atoms with Gasteiger partial charge in [0.15, 0.2) is 0 Å². The standard InChI is InChI=1S/C12H20FNO2/c1-4-5-10(7-6-9(2)13)8-11(14-3)12(15)16/h5-7,9,11,14H,4,8H2,1-3H3,(H,15,16)/b7-6-,10-5+. The van der Waals surface area contributed by atoms with Gasteiger partial charge in [-0.15, -0.1) is 0 Å². The quantitative estimate of drug-likeness (QED) is 0.658. The Bertz CT molecular complexity index is 272. The van der Waals surface area contributed by atoms with E-state index in [-0.39, 0.29) is 0 Å². The monoisotopic (exact) mass is 229 g/mol. The van der Waals surface area contributed by atoms with Crippen molar-refractivity contribution in [1.29, 1.82) is 0 Å². The van der Waals surface area contributed by atoms with Crippen molar-refractivity contribution in [1.82, 2.24) is 5.32 Å². The summed E-state index contributed by atoms with van der Waals surface area (Å²) in [4.78, 5) is 10.8. The van der Waals surface area contributed by atoms with E-state index < -0.39 is 18.2 Å². The number of nitrogens with one attached hydrogen (secondary N) is 1. The number of allylic oxidation sites excluding steroid dienone is 3. The zero-order valence-electron chi connectivity index (χ0n) is 10.0. The number of hydrogen-bond donors (Lipinski definition) is 2. The Kier molecular flexibility index (Phi) is 7.46. The van der Waals surface area contributed by atoms with Crippen LogP contribution in [0, 0.1) is 0 Å². The normalized spacial score (nSPS) is 16.4. The van der Waals surface area contributed by atoms with E-state index in [0.29, 0.717) is 6.42 Å². The molecule has 0 aliphatic carbocycles. The van der Waals surface area contributed by atoms with E-state index in [0.717, 1.165) is 12.0 Å². The van der Waals surface area contributed by atoms with Crippen molar-refractivity contribution >= 4 is 5.97 Å². The molecule has 3 nitrogen and oxygen atoms in total. The van der Waals surface area contributed by atoms with Crippen LogP contribution in [0.25, 0.3) is 0 Å². The summed E-state index contributed by atoms with van der Waals surface area (Å²) < 4.78 is 12.6. The number of carbonyl (C=O) groups is 1. The highest BCUT2D eigenvalue weighted by atomic mass is 19.1. The number of likely N-dealkylation sites (N-methyl/N-ethyl adjacent to an activating group) is 1. The Morgan fingerprint density at radius 3 is 2.56 bits per heavy atom. The van der Waals surface area contributed by atoms with Crippen LogP contribution >= 0.6 is 0 Å². The van der Waals surface area contributed by atoms with Gasteiger partial charge in [0.1, 0.15) is 12.2 Å². The highest BCUT2D eigenvalue weighted by Crippen LogP contribution is 2.10. The van der Waals surface area contributed by atoms with Crippen molar-refractivity contribution in [2.45, 2.75) is 38.9 Å². The third-order valence-corrected chi connectivity index (χ3v) is 2.13. The first-order valence-corrected chi connectivity index (χ1v) is 5.42. The third-order valence-electron chi connectivity index (χ3n) is 2.13. The van der Waals surface area contributed by atoms with E-state index in [4.69, 9.17) is 5.11 Å². The molecule has 0 saturated heterocycles. The van der Waals surface area contributed by atoms with Crippen molar-refractivity contribution in [3.8, 4) is 0 Å². The van der Waals surface area contributed by atoms with Gasteiger partial charge in [0, 0.05) is 0 Å². The molecule has 0 aliphatic heterocycles. The van der Waals surface area contributed by atoms with Crippen molar-refractivity contribution in [2.24, 2.45) is 0 Å². The lowest BCUT2D eigenvalue weighted by Crippen LogP contribution is -2.33. The summed E-state index contributed by atoms with van der Waals surface area (Å²) in [6.07, 6.45) is 5.14. The average Bonchev–Trinajstić information content (AvgIpc) is 2.21. The maximum Gasteiger partial charge on any atom is 0.321 e. The van der Waals surface area contributed by atoms with Crippen LogP contribution in [0.5, 0.6) is 0 Å². The van der Waals surface area contributed by atoms with Gasteiger partial charge in [-0.1, -0.05) is 30.7 Å². The Morgan fingerprint density at radius 1 is 1.56 bits per heavy atom. The molecule has 0 aromatic rings. The predicted octanol–water partition coefficient (Wildman–Crippen LogP) is 2.30. The molecule has 92 valence electrons. The molecule has 2 N–H and O–H groups in total. The smallest absolute Gasteiger partial charge is 0.321 e. The Hall–Kier alpha value is -1.16. The average molecular weight is 229 g/mol. The molecule has 0 aromatic heterocycles. The second-order valence-corrected chi connectivity index (χ2v) is 3.61. The van der Waals surface area contributed by atoms with Gasteiger partial charge < -0.3 is 10.4 Å². The Labute approximate surface area is 96.0 Å². The molecule has 2 unspecified atom stereocenters. The highest BCUT2D eigenvalue weighted by molar-refractivity contribution is 5.74. The zero-order chi connectivity index (χ0) is 12.6. The van der Waals surface area contributed by atoms with Gasteiger partial charge in [0.05, 0.1) is 0 Å². The molecule has 0 bridgehead atoms. The first-order valence-electron chi connectivity index (χ1n) is 5.42. The summed E-state index contributed by atoms with van der Waals surface area (Å²) in [5.74, 6) is -0.897. The fraction of sp³-hybridized carbons (Fsp3) is 0.583. The number of hydrogen-bond acceptors (Lipinski definition) is 2. The van der Waals surface area contributed by atoms with Gasteiger partial charge in [0.2, 0.25) is 0 Å². The topological polar surface area (TPSA) is 49.3 Å². The molecule has 0 spiro atoms. The highest BCUT2D eigenvalue weighted by Gasteiger charge is 2.15. The van der Waals surface area contributed by atoms with Crippen LogP contribution in [0.4, 0.5) is 4.39 Å². The van der Waals surface area contributed by atoms with Crippen LogP contribution in [0.15, 0.2) is 23.8 Å². The van der Waals surface area contributed by atoms with Crippen LogP contribution in [-0.4, -0.2) is 30.3 Å². The first kappa shape index (κ1) is 14.8. The molecule has 0 saturated carbocycles. The molecule has 0 fully saturated rings. The summed E-state index contributed by atoms with van der Waals surface area (Å²) in [6.45, 7) is 3.40. The second-order valence-electron chi connectivity index (χ2n) is 3.61. The van der Waals surface area contributed by atoms with Gasteiger partial charge in [-0.05, 0) is 26.8 Å². The van der Waals surface area contributed by atoms with Crippen molar-refractivity contribution < 1.29 is 14.3 Å². The Balaban J connectivity index is 4.56. The van der Waals surface area contributed by atoms with Gasteiger partial charge >= 0.3 is 5.97 Å². The minimum atomic E-state index is -1.02. The summed E-state index contributed by atoms with van der Waals surface area (Å²) >= 11 is 0. The predicted molar refractivity (Wildman–Crippen MR) is 63.2 cm³/mol. The molecular formula is C12H20FNO2. The largest absolute Gasteiger partial charge is 0.480 e. The summed E-state index contributed by atoms with van der Waals surface area (Å²) in [5.41, 5.74) is 0.841. The van der Waals surface area contributed by atoms with Crippen molar-refractivity contribution in [3.05, 3.63) is 23.8 Å². The SMILES string of the molecule is CC/C=C(\C=C/C(C)F)CC(NC)C(=O)O. The summed E-state index contributed by atoms with van der Waals surface area (Å²) in [6, 6.07) is -0.627. The van der Waals surface area contributed by atoms with Crippen LogP contribution in [0.2, 0.25) is 0 Å². The molecule has 0 radical (unpaired) electrons. The maximum absolute atomic E-state index is 12.6. The molecule has 0 aliphatic rings. The fourth-order valence-electron chi connectivity index (χ4n) is 1.29. The molecule has 0 amide bonds. The number of carboxylic acids is 1. The van der Waals surface area contributed by atoms with E-state index in [9.17, 15) is 9.18 Å². The van der Waals surface area contributed by atoms with E-state index in [1.54, 1.807) is 13.1 Å². The number of aliphatic carboxylic acids is 1. The molecule has 2 atom stereocenters. The lowest BCUT2D eigenvalue weighted by molar-refractivity contribution is -0.139. The minimum Gasteiger partial charge on any atom is -0.480 e. The van der Waals surface area contributed by atoms with E-state index >= 15 is 0 Å². The van der Waals surface area contributed by atoms with Crippen LogP contribution in [0.3, 0.4) is 0 Å². The molecule has 4 heteroatoms. The Morgan fingerprint density at radius 2 is 2.19 bits per heavy atom. The molecule has 16 heavy (non-hydrogen) atoms. The zero-order valence-corrected chi connectivity index (χ0v) is 10.0. The third kappa shape index (κ3) is 6.35.